The summed E-state index contributed by atoms with van der Waals surface area (Å²) in [6.07, 6.45) is 0.768. The molecular weight excluding hydrogens is 436 g/mol. The molecule has 7 nitrogen and oxygen atoms in total. The van der Waals surface area contributed by atoms with Crippen LogP contribution in [-0.2, 0) is 13.0 Å². The number of fused-ring (bicyclic) bond motifs is 1. The first-order valence-electron chi connectivity index (χ1n) is 10.4. The normalized spacial score (nSPS) is 11.2. The summed E-state index contributed by atoms with van der Waals surface area (Å²) in [7, 11) is 0. The van der Waals surface area contributed by atoms with Crippen molar-refractivity contribution in [1.29, 1.82) is 0 Å². The topological polar surface area (TPSA) is 99.2 Å². The van der Waals surface area contributed by atoms with Crippen LogP contribution in [0.3, 0.4) is 0 Å². The Labute approximate surface area is 196 Å². The van der Waals surface area contributed by atoms with Gasteiger partial charge in [0.25, 0.3) is 5.91 Å². The van der Waals surface area contributed by atoms with Crippen LogP contribution in [-0.4, -0.2) is 32.3 Å². The van der Waals surface area contributed by atoms with E-state index in [0.29, 0.717) is 23.9 Å². The number of hydrogen-bond acceptors (Lipinski definition) is 4. The summed E-state index contributed by atoms with van der Waals surface area (Å²) in [5.74, 6) is -0.800. The van der Waals surface area contributed by atoms with Gasteiger partial charge in [-0.25, -0.2) is 0 Å². The second kappa shape index (κ2) is 10.1. The van der Waals surface area contributed by atoms with Crippen LogP contribution in [0.25, 0.3) is 10.8 Å². The lowest BCUT2D eigenvalue weighted by Gasteiger charge is -2.06. The van der Waals surface area contributed by atoms with E-state index in [2.05, 4.69) is 15.5 Å². The molecule has 1 heterocycles. The first-order valence-corrected chi connectivity index (χ1v) is 10.8. The highest BCUT2D eigenvalue weighted by Gasteiger charge is 2.18. The monoisotopic (exact) mass is 458 g/mol. The van der Waals surface area contributed by atoms with Gasteiger partial charge in [-0.3, -0.25) is 9.36 Å². The lowest BCUT2D eigenvalue weighted by atomic mass is 10.1. The molecule has 4 aromatic rings. The van der Waals surface area contributed by atoms with Crippen LogP contribution in [0.2, 0.25) is 0 Å². The number of carbonyl (C=O) groups is 1. The largest absolute Gasteiger partial charge is 0.494 e. The molecule has 0 atom stereocenters. The molecule has 3 aromatic carbocycles. The second-order valence-corrected chi connectivity index (χ2v) is 7.84. The van der Waals surface area contributed by atoms with Gasteiger partial charge in [0.2, 0.25) is 16.9 Å². The first-order chi connectivity index (χ1) is 16.0. The number of rotatable bonds is 6. The number of carbonyl (C=O) groups excluding carboxylic acids is 1. The third kappa shape index (κ3) is 5.24. The zero-order chi connectivity index (χ0) is 23.2. The van der Waals surface area contributed by atoms with E-state index >= 15 is 0 Å². The molecule has 0 radical (unpaired) electrons. The van der Waals surface area contributed by atoms with Gasteiger partial charge in [0, 0.05) is 22.9 Å². The summed E-state index contributed by atoms with van der Waals surface area (Å²) in [5, 5.41) is 32.6. The quantitative estimate of drug-likeness (QED) is 0.284. The average molecular weight is 459 g/mol. The standard InChI is InChI=1S/C25H22N4O3S/c30-22(27-28-25(33)26-14-13-17-7-3-1-4-8-17)19-11-12-20-21(15-19)24(32)29(23(20)31)16-18-9-5-2-6-10-18/h1-12,15,31-32H,13-14,16H2,(H,26,33). The van der Waals surface area contributed by atoms with E-state index in [0.717, 1.165) is 17.5 Å². The number of nitrogens with one attached hydrogen (secondary N) is 1. The SMILES string of the molecule is O=C(N=NC(=S)NCCc1ccccc1)c1ccc2c(O)n(Cc3ccccc3)c(O)c2c1. The van der Waals surface area contributed by atoms with Gasteiger partial charge in [-0.2, -0.15) is 0 Å². The van der Waals surface area contributed by atoms with E-state index in [4.69, 9.17) is 12.2 Å². The number of benzene rings is 3. The molecule has 0 aliphatic heterocycles. The van der Waals surface area contributed by atoms with E-state index in [1.54, 1.807) is 6.07 Å². The molecule has 4 rings (SSSR count). The van der Waals surface area contributed by atoms with Gasteiger partial charge in [0.15, 0.2) is 0 Å². The third-order valence-corrected chi connectivity index (χ3v) is 5.43. The lowest BCUT2D eigenvalue weighted by molar-refractivity contribution is 0.0995. The van der Waals surface area contributed by atoms with E-state index < -0.39 is 5.91 Å². The second-order valence-electron chi connectivity index (χ2n) is 7.45. The minimum Gasteiger partial charge on any atom is -0.494 e. The van der Waals surface area contributed by atoms with Gasteiger partial charge in [-0.05, 0) is 48.0 Å². The van der Waals surface area contributed by atoms with E-state index in [1.165, 1.54) is 16.7 Å². The van der Waals surface area contributed by atoms with E-state index in [1.807, 2.05) is 60.7 Å². The van der Waals surface area contributed by atoms with Crippen molar-refractivity contribution in [3.63, 3.8) is 0 Å². The number of thiocarbonyl (C=S) groups is 1. The van der Waals surface area contributed by atoms with Crippen molar-refractivity contribution in [3.8, 4) is 11.8 Å². The van der Waals surface area contributed by atoms with Crippen molar-refractivity contribution in [2.75, 3.05) is 6.54 Å². The van der Waals surface area contributed by atoms with Crippen LogP contribution in [0.15, 0.2) is 89.1 Å². The minimum atomic E-state index is -0.598. The van der Waals surface area contributed by atoms with Gasteiger partial charge >= 0.3 is 0 Å². The number of hydrogen-bond donors (Lipinski definition) is 3. The Morgan fingerprint density at radius 3 is 2.18 bits per heavy atom. The highest BCUT2D eigenvalue weighted by molar-refractivity contribution is 7.80. The molecule has 33 heavy (non-hydrogen) atoms. The molecular formula is C25H22N4O3S. The van der Waals surface area contributed by atoms with Crippen molar-refractivity contribution in [1.82, 2.24) is 9.88 Å². The molecule has 0 aliphatic carbocycles. The lowest BCUT2D eigenvalue weighted by Crippen LogP contribution is -2.22. The molecule has 0 aliphatic rings. The highest BCUT2D eigenvalue weighted by Crippen LogP contribution is 2.37. The van der Waals surface area contributed by atoms with E-state index in [9.17, 15) is 15.0 Å². The van der Waals surface area contributed by atoms with Crippen molar-refractivity contribution in [3.05, 3.63) is 95.6 Å². The molecule has 0 unspecified atom stereocenters. The van der Waals surface area contributed by atoms with Crippen molar-refractivity contribution >= 4 is 34.0 Å². The molecule has 0 saturated carbocycles. The summed E-state index contributed by atoms with van der Waals surface area (Å²) in [6, 6.07) is 24.0. The number of aromatic hydroxyl groups is 2. The molecule has 3 N–H and O–H groups in total. The predicted octanol–water partition coefficient (Wildman–Crippen LogP) is 4.81. The minimum absolute atomic E-state index is 0.0734. The molecule has 0 bridgehead atoms. The number of amides is 1. The Morgan fingerprint density at radius 2 is 1.48 bits per heavy atom. The highest BCUT2D eigenvalue weighted by atomic mass is 32.1. The maximum Gasteiger partial charge on any atom is 0.295 e. The maximum atomic E-state index is 12.5. The van der Waals surface area contributed by atoms with E-state index in [-0.39, 0.29) is 22.4 Å². The predicted molar refractivity (Wildman–Crippen MR) is 131 cm³/mol. The van der Waals surface area contributed by atoms with Crippen molar-refractivity contribution < 1.29 is 15.0 Å². The fourth-order valence-corrected chi connectivity index (χ4v) is 3.65. The Balaban J connectivity index is 1.43. The van der Waals surface area contributed by atoms with Crippen LogP contribution < -0.4 is 5.32 Å². The van der Waals surface area contributed by atoms with Gasteiger partial charge in [0.1, 0.15) is 0 Å². The van der Waals surface area contributed by atoms with Gasteiger partial charge in [-0.15, -0.1) is 10.2 Å². The molecule has 166 valence electrons. The summed E-state index contributed by atoms with van der Waals surface area (Å²) in [4.78, 5) is 12.5. The number of azo groups is 1. The molecule has 0 fully saturated rings. The zero-order valence-corrected chi connectivity index (χ0v) is 18.5. The van der Waals surface area contributed by atoms with Gasteiger partial charge < -0.3 is 15.5 Å². The Hall–Kier alpha value is -4.04. The molecule has 0 saturated heterocycles. The molecule has 8 heteroatoms. The summed E-state index contributed by atoms with van der Waals surface area (Å²) < 4.78 is 1.39. The summed E-state index contributed by atoms with van der Waals surface area (Å²) in [6.45, 7) is 0.864. The van der Waals surface area contributed by atoms with Crippen LogP contribution in [0.4, 0.5) is 0 Å². The van der Waals surface area contributed by atoms with Gasteiger partial charge in [0.05, 0.1) is 6.54 Å². The summed E-state index contributed by atoms with van der Waals surface area (Å²) >= 11 is 5.12. The summed E-state index contributed by atoms with van der Waals surface area (Å²) in [5.41, 5.74) is 2.31. The fraction of sp³-hybridized carbons (Fsp3) is 0.120. The maximum absolute atomic E-state index is 12.5. The average Bonchev–Trinajstić information content (AvgIpc) is 3.08. The molecule has 1 aromatic heterocycles. The Morgan fingerprint density at radius 1 is 0.848 bits per heavy atom. The number of aromatic nitrogens is 1. The van der Waals surface area contributed by atoms with Crippen LogP contribution in [0.1, 0.15) is 21.5 Å². The smallest absolute Gasteiger partial charge is 0.295 e. The zero-order valence-electron chi connectivity index (χ0n) is 17.7. The van der Waals surface area contributed by atoms with Crippen LogP contribution in [0, 0.1) is 0 Å². The van der Waals surface area contributed by atoms with Crippen LogP contribution in [0.5, 0.6) is 11.8 Å². The van der Waals surface area contributed by atoms with Crippen molar-refractivity contribution in [2.24, 2.45) is 10.2 Å². The molecule has 0 spiro atoms. The third-order valence-electron chi connectivity index (χ3n) is 5.21. The van der Waals surface area contributed by atoms with Gasteiger partial charge in [-0.1, -0.05) is 60.7 Å². The first kappa shape index (κ1) is 22.2. The molecule has 1 amide bonds. The number of nitrogens with zero attached hydrogens (tertiary/aromatic N) is 3. The fourth-order valence-electron chi connectivity index (χ4n) is 3.51. The van der Waals surface area contributed by atoms with Crippen LogP contribution >= 0.6 is 12.2 Å². The van der Waals surface area contributed by atoms with Crippen molar-refractivity contribution in [2.45, 2.75) is 13.0 Å². The Kier molecular flexibility index (Phi) is 6.75. The Bertz CT molecular complexity index is 1320.